The highest BCUT2D eigenvalue weighted by Crippen LogP contribution is 2.21. The first kappa shape index (κ1) is 13.1. The average molecular weight is 266 g/mol. The van der Waals surface area contributed by atoms with Gasteiger partial charge in [0.05, 0.1) is 4.88 Å². The summed E-state index contributed by atoms with van der Waals surface area (Å²) in [6.45, 7) is 1.36. The molecule has 1 aliphatic rings. The lowest BCUT2D eigenvalue weighted by atomic mass is 9.95. The molecule has 0 saturated carbocycles. The van der Waals surface area contributed by atoms with Gasteiger partial charge in [-0.3, -0.25) is 9.59 Å². The first-order valence-electron chi connectivity index (χ1n) is 6.13. The van der Waals surface area contributed by atoms with Crippen LogP contribution in [0.3, 0.4) is 0 Å². The number of carbonyl (C=O) groups is 2. The van der Waals surface area contributed by atoms with E-state index in [1.807, 2.05) is 22.4 Å². The van der Waals surface area contributed by atoms with Gasteiger partial charge in [0.1, 0.15) is 0 Å². The zero-order valence-electron chi connectivity index (χ0n) is 10.8. The summed E-state index contributed by atoms with van der Waals surface area (Å²) < 4.78 is 0. The third-order valence-corrected chi connectivity index (χ3v) is 4.16. The van der Waals surface area contributed by atoms with Crippen molar-refractivity contribution in [3.63, 3.8) is 0 Å². The van der Waals surface area contributed by atoms with Crippen LogP contribution < -0.4 is 0 Å². The molecule has 0 aliphatic carbocycles. The van der Waals surface area contributed by atoms with E-state index in [4.69, 9.17) is 0 Å². The predicted molar refractivity (Wildman–Crippen MR) is 71.6 cm³/mol. The van der Waals surface area contributed by atoms with E-state index < -0.39 is 0 Å². The number of hydrogen-bond acceptors (Lipinski definition) is 3. The molecule has 0 atom stereocenters. The Kier molecular flexibility index (Phi) is 4.01. The first-order chi connectivity index (χ1) is 8.59. The highest BCUT2D eigenvalue weighted by molar-refractivity contribution is 7.12. The van der Waals surface area contributed by atoms with Crippen molar-refractivity contribution in [3.05, 3.63) is 22.4 Å². The van der Waals surface area contributed by atoms with Gasteiger partial charge in [-0.25, -0.2) is 0 Å². The third kappa shape index (κ3) is 2.72. The molecule has 1 aromatic rings. The predicted octanol–water partition coefficient (Wildman–Crippen LogP) is 1.69. The molecule has 2 amide bonds. The number of hydrogen-bond donors (Lipinski definition) is 0. The van der Waals surface area contributed by atoms with Crippen LogP contribution in [0, 0.1) is 5.92 Å². The first-order valence-corrected chi connectivity index (χ1v) is 7.01. The van der Waals surface area contributed by atoms with Crippen LogP contribution in [0.15, 0.2) is 17.5 Å². The number of thiophene rings is 1. The Morgan fingerprint density at radius 1 is 1.33 bits per heavy atom. The molecule has 0 spiro atoms. The maximum Gasteiger partial charge on any atom is 0.263 e. The minimum absolute atomic E-state index is 0.0763. The van der Waals surface area contributed by atoms with Crippen molar-refractivity contribution in [2.24, 2.45) is 5.92 Å². The largest absolute Gasteiger partial charge is 0.349 e. The molecule has 2 rings (SSSR count). The molecule has 5 heteroatoms. The lowest BCUT2D eigenvalue weighted by Crippen LogP contribution is -2.42. The van der Waals surface area contributed by atoms with Gasteiger partial charge in [-0.2, -0.15) is 0 Å². The minimum Gasteiger partial charge on any atom is -0.349 e. The van der Waals surface area contributed by atoms with E-state index in [-0.39, 0.29) is 17.7 Å². The summed E-state index contributed by atoms with van der Waals surface area (Å²) in [4.78, 5) is 28.2. The van der Waals surface area contributed by atoms with Gasteiger partial charge in [0.15, 0.2) is 0 Å². The molecule has 1 saturated heterocycles. The number of carbonyl (C=O) groups excluding carboxylic acids is 2. The SMILES string of the molecule is CN(C)C(=O)C1CCN(C(=O)c2cccs2)CC1. The van der Waals surface area contributed by atoms with Gasteiger partial charge in [0.2, 0.25) is 5.91 Å². The zero-order valence-corrected chi connectivity index (χ0v) is 11.6. The normalized spacial score (nSPS) is 16.7. The molecular weight excluding hydrogens is 248 g/mol. The monoisotopic (exact) mass is 266 g/mol. The Bertz CT molecular complexity index is 420. The summed E-state index contributed by atoms with van der Waals surface area (Å²) in [6.07, 6.45) is 1.54. The zero-order chi connectivity index (χ0) is 13.1. The average Bonchev–Trinajstić information content (AvgIpc) is 2.91. The number of rotatable bonds is 2. The van der Waals surface area contributed by atoms with Crippen LogP contribution in [0.2, 0.25) is 0 Å². The summed E-state index contributed by atoms with van der Waals surface area (Å²) in [6, 6.07) is 3.74. The Morgan fingerprint density at radius 2 is 2.00 bits per heavy atom. The van der Waals surface area contributed by atoms with E-state index in [0.29, 0.717) is 13.1 Å². The Morgan fingerprint density at radius 3 is 2.50 bits per heavy atom. The summed E-state index contributed by atoms with van der Waals surface area (Å²) in [7, 11) is 3.57. The Hall–Kier alpha value is -1.36. The number of piperidine rings is 1. The third-order valence-electron chi connectivity index (χ3n) is 3.30. The minimum atomic E-state index is 0.0763. The second-order valence-electron chi connectivity index (χ2n) is 4.78. The number of likely N-dealkylation sites (tertiary alicyclic amines) is 1. The van der Waals surface area contributed by atoms with Crippen LogP contribution in [0.25, 0.3) is 0 Å². The Labute approximate surface area is 111 Å². The quantitative estimate of drug-likeness (QED) is 0.817. The standard InChI is InChI=1S/C13H18N2O2S/c1-14(2)12(16)10-5-7-15(8-6-10)13(17)11-4-3-9-18-11/h3-4,9-10H,5-8H2,1-2H3. The molecule has 0 bridgehead atoms. The maximum absolute atomic E-state index is 12.1. The second-order valence-corrected chi connectivity index (χ2v) is 5.72. The van der Waals surface area contributed by atoms with Crippen LogP contribution in [0.5, 0.6) is 0 Å². The van der Waals surface area contributed by atoms with Gasteiger partial charge in [0.25, 0.3) is 5.91 Å². The summed E-state index contributed by atoms with van der Waals surface area (Å²) in [5.41, 5.74) is 0. The van der Waals surface area contributed by atoms with Gasteiger partial charge in [0, 0.05) is 33.1 Å². The smallest absolute Gasteiger partial charge is 0.263 e. The molecule has 4 nitrogen and oxygen atoms in total. The van der Waals surface area contributed by atoms with Gasteiger partial charge < -0.3 is 9.80 Å². The van der Waals surface area contributed by atoms with E-state index in [1.54, 1.807) is 19.0 Å². The van der Waals surface area contributed by atoms with Crippen molar-refractivity contribution in [1.82, 2.24) is 9.80 Å². The molecular formula is C13H18N2O2S. The van der Waals surface area contributed by atoms with E-state index >= 15 is 0 Å². The Balaban J connectivity index is 1.91. The number of nitrogens with zero attached hydrogens (tertiary/aromatic N) is 2. The number of amides is 2. The highest BCUT2D eigenvalue weighted by Gasteiger charge is 2.28. The van der Waals surface area contributed by atoms with Crippen molar-refractivity contribution in [2.75, 3.05) is 27.2 Å². The lowest BCUT2D eigenvalue weighted by molar-refractivity contribution is -0.134. The fourth-order valence-corrected chi connectivity index (χ4v) is 2.94. The van der Waals surface area contributed by atoms with Crippen molar-refractivity contribution in [1.29, 1.82) is 0 Å². The van der Waals surface area contributed by atoms with Crippen molar-refractivity contribution in [3.8, 4) is 0 Å². The molecule has 0 aromatic carbocycles. The van der Waals surface area contributed by atoms with Gasteiger partial charge in [-0.15, -0.1) is 11.3 Å². The van der Waals surface area contributed by atoms with Gasteiger partial charge in [-0.05, 0) is 24.3 Å². The van der Waals surface area contributed by atoms with E-state index in [9.17, 15) is 9.59 Å². The van der Waals surface area contributed by atoms with Crippen LogP contribution in [0.4, 0.5) is 0 Å². The van der Waals surface area contributed by atoms with E-state index in [1.165, 1.54) is 11.3 Å². The molecule has 0 N–H and O–H groups in total. The van der Waals surface area contributed by atoms with Gasteiger partial charge in [-0.1, -0.05) is 6.07 Å². The van der Waals surface area contributed by atoms with E-state index in [0.717, 1.165) is 17.7 Å². The molecule has 1 fully saturated rings. The molecule has 98 valence electrons. The topological polar surface area (TPSA) is 40.6 Å². The molecule has 0 radical (unpaired) electrons. The summed E-state index contributed by atoms with van der Waals surface area (Å²) in [5, 5.41) is 1.91. The van der Waals surface area contributed by atoms with Crippen LogP contribution in [-0.4, -0.2) is 48.8 Å². The fraction of sp³-hybridized carbons (Fsp3) is 0.538. The fourth-order valence-electron chi connectivity index (χ4n) is 2.25. The molecule has 0 unspecified atom stereocenters. The molecule has 1 aromatic heterocycles. The van der Waals surface area contributed by atoms with Crippen LogP contribution in [-0.2, 0) is 4.79 Å². The maximum atomic E-state index is 12.1. The second kappa shape index (κ2) is 5.52. The van der Waals surface area contributed by atoms with Crippen molar-refractivity contribution in [2.45, 2.75) is 12.8 Å². The molecule has 1 aliphatic heterocycles. The van der Waals surface area contributed by atoms with Gasteiger partial charge >= 0.3 is 0 Å². The van der Waals surface area contributed by atoms with Crippen LogP contribution >= 0.6 is 11.3 Å². The molecule has 2 heterocycles. The summed E-state index contributed by atoms with van der Waals surface area (Å²) in [5.74, 6) is 0.353. The highest BCUT2D eigenvalue weighted by atomic mass is 32.1. The van der Waals surface area contributed by atoms with Crippen molar-refractivity contribution < 1.29 is 9.59 Å². The van der Waals surface area contributed by atoms with Crippen LogP contribution in [0.1, 0.15) is 22.5 Å². The van der Waals surface area contributed by atoms with Crippen molar-refractivity contribution >= 4 is 23.2 Å². The summed E-state index contributed by atoms with van der Waals surface area (Å²) >= 11 is 1.47. The lowest BCUT2D eigenvalue weighted by Gasteiger charge is -2.32. The molecule has 18 heavy (non-hydrogen) atoms. The van der Waals surface area contributed by atoms with E-state index in [2.05, 4.69) is 0 Å².